The third kappa shape index (κ3) is 2.68. The summed E-state index contributed by atoms with van der Waals surface area (Å²) < 4.78 is 1.63. The fraction of sp³-hybridized carbons (Fsp3) is 0.250. The molecular weight excluding hydrogens is 354 g/mol. The van der Waals surface area contributed by atoms with Gasteiger partial charge >= 0.3 is 0 Å². The van der Waals surface area contributed by atoms with E-state index < -0.39 is 0 Å². The van der Waals surface area contributed by atoms with Crippen molar-refractivity contribution in [3.05, 3.63) is 53.7 Å². The summed E-state index contributed by atoms with van der Waals surface area (Å²) in [7, 11) is 1.80. The molecule has 4 heterocycles. The highest BCUT2D eigenvalue weighted by Gasteiger charge is 2.32. The van der Waals surface area contributed by atoms with Crippen LogP contribution in [0.25, 0.3) is 21.9 Å². The van der Waals surface area contributed by atoms with Gasteiger partial charge in [-0.15, -0.1) is 0 Å². The third-order valence-corrected chi connectivity index (χ3v) is 5.17. The summed E-state index contributed by atoms with van der Waals surface area (Å²) in [5, 5.41) is 14.1. The lowest BCUT2D eigenvalue weighted by molar-refractivity contribution is 0.0498. The van der Waals surface area contributed by atoms with Crippen LogP contribution in [-0.4, -0.2) is 48.6 Å². The van der Waals surface area contributed by atoms with E-state index in [9.17, 15) is 4.79 Å². The van der Waals surface area contributed by atoms with Gasteiger partial charge in [0.2, 0.25) is 0 Å². The van der Waals surface area contributed by atoms with Gasteiger partial charge in [0.1, 0.15) is 5.82 Å². The Morgan fingerprint density at radius 3 is 2.96 bits per heavy atom. The first-order chi connectivity index (χ1) is 13.6. The lowest BCUT2D eigenvalue weighted by atomic mass is 9.95. The molecule has 8 heteroatoms. The molecule has 1 N–H and O–H groups in total. The average Bonchev–Trinajstić information content (AvgIpc) is 3.29. The Morgan fingerprint density at radius 2 is 2.21 bits per heavy atom. The van der Waals surface area contributed by atoms with Crippen molar-refractivity contribution >= 4 is 27.8 Å². The first-order valence-corrected chi connectivity index (χ1v) is 9.06. The Morgan fingerprint density at radius 1 is 1.36 bits per heavy atom. The number of aromatic amines is 1. The largest absolute Gasteiger partial charge is 0.341 e. The number of hydrogen-bond acceptors (Lipinski definition) is 5. The molecule has 0 spiro atoms. The summed E-state index contributed by atoms with van der Waals surface area (Å²) in [4.78, 5) is 26.8. The maximum atomic E-state index is 12.4. The molecule has 0 bridgehead atoms. The van der Waals surface area contributed by atoms with E-state index in [2.05, 4.69) is 21.1 Å². The molecule has 1 aliphatic heterocycles. The minimum absolute atomic E-state index is 0.0215. The number of likely N-dealkylation sites (tertiary alicyclic amines) is 1. The summed E-state index contributed by atoms with van der Waals surface area (Å²) in [6, 6.07) is 7.59. The van der Waals surface area contributed by atoms with Gasteiger partial charge in [0.05, 0.1) is 46.1 Å². The Balaban J connectivity index is 1.33. The molecule has 1 aliphatic rings. The number of nitrogens with one attached hydrogen (secondary N) is 1. The number of pyridine rings is 1. The smallest absolute Gasteiger partial charge is 0.257 e. The number of carbonyl (C=O) groups is 1. The zero-order valence-electron chi connectivity index (χ0n) is 15.3. The quantitative estimate of drug-likeness (QED) is 0.593. The number of fused-ring (bicyclic) bond motifs is 3. The van der Waals surface area contributed by atoms with Gasteiger partial charge in [-0.3, -0.25) is 14.5 Å². The van der Waals surface area contributed by atoms with Gasteiger partial charge in [-0.05, 0) is 18.2 Å². The Bertz CT molecular complexity index is 1260. The van der Waals surface area contributed by atoms with Gasteiger partial charge in [0.15, 0.2) is 0 Å². The number of imidazole rings is 1. The minimum Gasteiger partial charge on any atom is -0.341 e. The van der Waals surface area contributed by atoms with E-state index >= 15 is 0 Å². The zero-order valence-corrected chi connectivity index (χ0v) is 15.3. The molecule has 4 aromatic rings. The molecule has 0 saturated carbocycles. The number of benzene rings is 1. The normalized spacial score (nSPS) is 14.4. The van der Waals surface area contributed by atoms with Crippen LogP contribution in [0.1, 0.15) is 21.7 Å². The van der Waals surface area contributed by atoms with Gasteiger partial charge in [-0.1, -0.05) is 0 Å². The van der Waals surface area contributed by atoms with Crippen molar-refractivity contribution in [1.29, 1.82) is 5.26 Å². The molecule has 1 aromatic carbocycles. The number of nitrogens with zero attached hydrogens (tertiary/aromatic N) is 6. The number of aryl methyl sites for hydroxylation is 1. The molecule has 138 valence electrons. The van der Waals surface area contributed by atoms with Crippen LogP contribution in [0.4, 0.5) is 0 Å². The molecule has 0 aliphatic carbocycles. The zero-order chi connectivity index (χ0) is 19.3. The first-order valence-electron chi connectivity index (χ1n) is 9.06. The van der Waals surface area contributed by atoms with Crippen molar-refractivity contribution in [3.63, 3.8) is 0 Å². The minimum atomic E-state index is 0.0215. The average molecular weight is 371 g/mol. The van der Waals surface area contributed by atoms with Crippen molar-refractivity contribution in [2.45, 2.75) is 6.42 Å². The number of carbonyl (C=O) groups excluding carboxylic acids is 1. The standard InChI is InChI=1S/C20H17N7O/c1-26-11-14(7-23-26)20(28)27-9-13(10-27)5-18-24-17-8-22-16-3-2-12(6-21)4-15(16)19(17)25-18/h2-4,7-8,11,13H,5,9-10H2,1H3,(H,24,25). The second-order valence-corrected chi connectivity index (χ2v) is 7.23. The van der Waals surface area contributed by atoms with Gasteiger partial charge in [0.25, 0.3) is 5.91 Å². The molecule has 28 heavy (non-hydrogen) atoms. The van der Waals surface area contributed by atoms with Crippen molar-refractivity contribution in [2.24, 2.45) is 13.0 Å². The maximum absolute atomic E-state index is 12.4. The number of amides is 1. The van der Waals surface area contributed by atoms with Crippen LogP contribution < -0.4 is 0 Å². The van der Waals surface area contributed by atoms with Crippen molar-refractivity contribution in [3.8, 4) is 6.07 Å². The number of aromatic nitrogens is 5. The number of rotatable bonds is 3. The fourth-order valence-electron chi connectivity index (χ4n) is 3.73. The van der Waals surface area contributed by atoms with E-state index in [1.807, 2.05) is 17.0 Å². The van der Waals surface area contributed by atoms with E-state index in [4.69, 9.17) is 10.2 Å². The SMILES string of the molecule is Cn1cc(C(=O)N2CC(Cc3nc4c(cnc5ccc(C#N)cc54)[nH]3)C2)cn1. The molecule has 1 saturated heterocycles. The highest BCUT2D eigenvalue weighted by atomic mass is 16.2. The second-order valence-electron chi connectivity index (χ2n) is 7.23. The molecule has 3 aromatic heterocycles. The van der Waals surface area contributed by atoms with Crippen LogP contribution in [0, 0.1) is 17.2 Å². The molecule has 0 radical (unpaired) electrons. The Hall–Kier alpha value is -3.73. The monoisotopic (exact) mass is 371 g/mol. The van der Waals surface area contributed by atoms with E-state index in [0.717, 1.165) is 34.2 Å². The highest BCUT2D eigenvalue weighted by Crippen LogP contribution is 2.26. The molecular formula is C20H17N7O. The van der Waals surface area contributed by atoms with Crippen LogP contribution in [-0.2, 0) is 13.5 Å². The summed E-state index contributed by atoms with van der Waals surface area (Å²) in [6.07, 6.45) is 5.88. The molecule has 1 amide bonds. The van der Waals surface area contributed by atoms with E-state index in [1.165, 1.54) is 0 Å². The molecule has 8 nitrogen and oxygen atoms in total. The Kier molecular flexibility index (Phi) is 3.62. The van der Waals surface area contributed by atoms with Crippen molar-refractivity contribution < 1.29 is 4.79 Å². The predicted molar refractivity (Wildman–Crippen MR) is 102 cm³/mol. The van der Waals surface area contributed by atoms with Gasteiger partial charge in [-0.2, -0.15) is 10.4 Å². The van der Waals surface area contributed by atoms with Gasteiger partial charge < -0.3 is 9.88 Å². The van der Waals surface area contributed by atoms with Crippen LogP contribution in [0.3, 0.4) is 0 Å². The summed E-state index contributed by atoms with van der Waals surface area (Å²) in [6.45, 7) is 1.42. The maximum Gasteiger partial charge on any atom is 0.257 e. The topological polar surface area (TPSA) is 103 Å². The van der Waals surface area contributed by atoms with E-state index in [0.29, 0.717) is 30.1 Å². The highest BCUT2D eigenvalue weighted by molar-refractivity contribution is 6.02. The van der Waals surface area contributed by atoms with Crippen molar-refractivity contribution in [1.82, 2.24) is 29.6 Å². The summed E-state index contributed by atoms with van der Waals surface area (Å²) >= 11 is 0. The lowest BCUT2D eigenvalue weighted by Gasteiger charge is -2.38. The second kappa shape index (κ2) is 6.16. The molecule has 1 fully saturated rings. The summed E-state index contributed by atoms with van der Waals surface area (Å²) in [5.41, 5.74) is 3.73. The summed E-state index contributed by atoms with van der Waals surface area (Å²) in [5.74, 6) is 1.27. The number of H-pyrrole nitrogens is 1. The number of nitriles is 1. The van der Waals surface area contributed by atoms with Crippen LogP contribution >= 0.6 is 0 Å². The van der Waals surface area contributed by atoms with Gasteiger partial charge in [-0.25, -0.2) is 4.98 Å². The lowest BCUT2D eigenvalue weighted by Crippen LogP contribution is -2.50. The van der Waals surface area contributed by atoms with E-state index in [1.54, 1.807) is 36.4 Å². The third-order valence-electron chi connectivity index (χ3n) is 5.17. The van der Waals surface area contributed by atoms with Crippen molar-refractivity contribution in [2.75, 3.05) is 13.1 Å². The van der Waals surface area contributed by atoms with Gasteiger partial charge in [0, 0.05) is 44.1 Å². The number of hydrogen-bond donors (Lipinski definition) is 1. The molecule has 0 atom stereocenters. The molecule has 5 rings (SSSR count). The van der Waals surface area contributed by atoms with E-state index in [-0.39, 0.29) is 5.91 Å². The van der Waals surface area contributed by atoms with Crippen LogP contribution in [0.5, 0.6) is 0 Å². The van der Waals surface area contributed by atoms with Crippen LogP contribution in [0.2, 0.25) is 0 Å². The fourth-order valence-corrected chi connectivity index (χ4v) is 3.73. The molecule has 0 unspecified atom stereocenters. The first kappa shape index (κ1) is 16.4. The Labute approximate surface area is 160 Å². The van der Waals surface area contributed by atoms with Crippen LogP contribution in [0.15, 0.2) is 36.8 Å². The predicted octanol–water partition coefficient (Wildman–Crippen LogP) is 2.03.